The maximum absolute atomic E-state index is 11.8. The van der Waals surface area contributed by atoms with E-state index in [4.69, 9.17) is 0 Å². The minimum Gasteiger partial charge on any atom is -0.346 e. The molecule has 2 nitrogen and oxygen atoms in total. The summed E-state index contributed by atoms with van der Waals surface area (Å²) in [6.45, 7) is 3.10. The van der Waals surface area contributed by atoms with Crippen molar-refractivity contribution < 1.29 is 4.79 Å². The largest absolute Gasteiger partial charge is 0.346 e. The SMILES string of the molecule is CCCCN(C)C(=O)CCC1CCCCC1. The summed E-state index contributed by atoms with van der Waals surface area (Å²) >= 11 is 0. The molecule has 2 heteroatoms. The second kappa shape index (κ2) is 7.70. The average molecular weight is 225 g/mol. The molecule has 16 heavy (non-hydrogen) atoms. The molecule has 0 aromatic heterocycles. The molecule has 0 atom stereocenters. The number of hydrogen-bond acceptors (Lipinski definition) is 1. The lowest BCUT2D eigenvalue weighted by molar-refractivity contribution is -0.130. The first-order chi connectivity index (χ1) is 7.74. The lowest BCUT2D eigenvalue weighted by atomic mass is 9.86. The van der Waals surface area contributed by atoms with Crippen LogP contribution in [0.3, 0.4) is 0 Å². The van der Waals surface area contributed by atoms with Crippen LogP contribution in [0.25, 0.3) is 0 Å². The van der Waals surface area contributed by atoms with Gasteiger partial charge in [-0.1, -0.05) is 45.4 Å². The third-order valence-corrected chi connectivity index (χ3v) is 3.76. The van der Waals surface area contributed by atoms with Gasteiger partial charge in [0.1, 0.15) is 0 Å². The highest BCUT2D eigenvalue weighted by Crippen LogP contribution is 2.27. The van der Waals surface area contributed by atoms with E-state index in [9.17, 15) is 4.79 Å². The number of nitrogens with zero attached hydrogens (tertiary/aromatic N) is 1. The Balaban J connectivity index is 2.12. The van der Waals surface area contributed by atoms with Crippen molar-refractivity contribution >= 4 is 5.91 Å². The summed E-state index contributed by atoms with van der Waals surface area (Å²) in [5.74, 6) is 1.18. The standard InChI is InChI=1S/C14H27NO/c1-3-4-12-15(2)14(16)11-10-13-8-6-5-7-9-13/h13H,3-12H2,1-2H3. The van der Waals surface area contributed by atoms with E-state index in [1.54, 1.807) is 0 Å². The zero-order chi connectivity index (χ0) is 11.8. The molecule has 0 heterocycles. The van der Waals surface area contributed by atoms with Gasteiger partial charge < -0.3 is 4.90 Å². The van der Waals surface area contributed by atoms with Gasteiger partial charge in [-0.25, -0.2) is 0 Å². The molecule has 0 spiro atoms. The number of rotatable bonds is 6. The Labute approximate surface area is 100 Å². The second-order valence-electron chi connectivity index (χ2n) is 5.21. The van der Waals surface area contributed by atoms with E-state index >= 15 is 0 Å². The molecule has 1 aliphatic carbocycles. The second-order valence-corrected chi connectivity index (χ2v) is 5.21. The van der Waals surface area contributed by atoms with E-state index in [1.807, 2.05) is 11.9 Å². The van der Waals surface area contributed by atoms with E-state index in [-0.39, 0.29) is 0 Å². The number of carbonyl (C=O) groups is 1. The molecule has 1 fully saturated rings. The van der Waals surface area contributed by atoms with Crippen molar-refractivity contribution in [1.82, 2.24) is 4.90 Å². The molecular formula is C14H27NO. The van der Waals surface area contributed by atoms with E-state index in [0.717, 1.165) is 31.7 Å². The average Bonchev–Trinajstić information content (AvgIpc) is 2.34. The van der Waals surface area contributed by atoms with Crippen molar-refractivity contribution in [1.29, 1.82) is 0 Å². The van der Waals surface area contributed by atoms with Crippen LogP contribution in [0, 0.1) is 5.92 Å². The molecule has 0 radical (unpaired) electrons. The fourth-order valence-corrected chi connectivity index (χ4v) is 2.51. The van der Waals surface area contributed by atoms with Crippen LogP contribution in [0.2, 0.25) is 0 Å². The summed E-state index contributed by atoms with van der Waals surface area (Å²) in [6.07, 6.45) is 11.1. The van der Waals surface area contributed by atoms with Gasteiger partial charge in [-0.05, 0) is 18.8 Å². The maximum Gasteiger partial charge on any atom is 0.222 e. The van der Waals surface area contributed by atoms with Crippen LogP contribution in [0.4, 0.5) is 0 Å². The molecule has 0 N–H and O–H groups in total. The molecule has 1 rings (SSSR count). The predicted octanol–water partition coefficient (Wildman–Crippen LogP) is 3.61. The number of hydrogen-bond donors (Lipinski definition) is 0. The van der Waals surface area contributed by atoms with Gasteiger partial charge in [0.25, 0.3) is 0 Å². The highest BCUT2D eigenvalue weighted by molar-refractivity contribution is 5.75. The smallest absolute Gasteiger partial charge is 0.222 e. The zero-order valence-corrected chi connectivity index (χ0v) is 11.0. The third kappa shape index (κ3) is 5.00. The van der Waals surface area contributed by atoms with Crippen molar-refractivity contribution in [2.45, 2.75) is 64.7 Å². The Hall–Kier alpha value is -0.530. The molecule has 0 aromatic rings. The molecule has 0 aromatic carbocycles. The van der Waals surface area contributed by atoms with Crippen molar-refractivity contribution in [2.75, 3.05) is 13.6 Å². The van der Waals surface area contributed by atoms with Gasteiger partial charge in [0.2, 0.25) is 5.91 Å². The quantitative estimate of drug-likeness (QED) is 0.676. The van der Waals surface area contributed by atoms with Gasteiger partial charge in [0, 0.05) is 20.0 Å². The maximum atomic E-state index is 11.8. The normalized spacial score (nSPS) is 17.4. The zero-order valence-electron chi connectivity index (χ0n) is 11.0. The fraction of sp³-hybridized carbons (Fsp3) is 0.929. The van der Waals surface area contributed by atoms with Crippen LogP contribution in [0.15, 0.2) is 0 Å². The summed E-state index contributed by atoms with van der Waals surface area (Å²) < 4.78 is 0. The van der Waals surface area contributed by atoms with Crippen molar-refractivity contribution in [3.8, 4) is 0 Å². The van der Waals surface area contributed by atoms with Gasteiger partial charge in [-0.2, -0.15) is 0 Å². The Morgan fingerprint density at radius 3 is 2.56 bits per heavy atom. The topological polar surface area (TPSA) is 20.3 Å². The van der Waals surface area contributed by atoms with Crippen molar-refractivity contribution in [3.63, 3.8) is 0 Å². The lowest BCUT2D eigenvalue weighted by Gasteiger charge is -2.22. The number of amides is 1. The fourth-order valence-electron chi connectivity index (χ4n) is 2.51. The van der Waals surface area contributed by atoms with Crippen LogP contribution in [-0.4, -0.2) is 24.4 Å². The summed E-state index contributed by atoms with van der Waals surface area (Å²) in [7, 11) is 1.94. The van der Waals surface area contributed by atoms with Crippen LogP contribution < -0.4 is 0 Å². The highest BCUT2D eigenvalue weighted by atomic mass is 16.2. The molecule has 0 saturated heterocycles. The van der Waals surface area contributed by atoms with Gasteiger partial charge >= 0.3 is 0 Å². The molecule has 1 aliphatic rings. The highest BCUT2D eigenvalue weighted by Gasteiger charge is 2.16. The monoisotopic (exact) mass is 225 g/mol. The molecule has 1 saturated carbocycles. The Bertz CT molecular complexity index is 197. The molecule has 0 aliphatic heterocycles. The van der Waals surface area contributed by atoms with Gasteiger partial charge in [0.15, 0.2) is 0 Å². The molecule has 0 unspecified atom stereocenters. The first-order valence-corrected chi connectivity index (χ1v) is 6.98. The van der Waals surface area contributed by atoms with Crippen LogP contribution in [0.5, 0.6) is 0 Å². The van der Waals surface area contributed by atoms with Crippen molar-refractivity contribution in [2.24, 2.45) is 5.92 Å². The molecule has 0 bridgehead atoms. The van der Waals surface area contributed by atoms with E-state index in [0.29, 0.717) is 5.91 Å². The first-order valence-electron chi connectivity index (χ1n) is 6.98. The lowest BCUT2D eigenvalue weighted by Crippen LogP contribution is -2.28. The summed E-state index contributed by atoms with van der Waals surface area (Å²) in [5.41, 5.74) is 0. The van der Waals surface area contributed by atoms with Gasteiger partial charge in [0.05, 0.1) is 0 Å². The van der Waals surface area contributed by atoms with Gasteiger partial charge in [-0.3, -0.25) is 4.79 Å². The van der Waals surface area contributed by atoms with Gasteiger partial charge in [-0.15, -0.1) is 0 Å². The Morgan fingerprint density at radius 1 is 1.25 bits per heavy atom. The Morgan fingerprint density at radius 2 is 1.94 bits per heavy atom. The van der Waals surface area contributed by atoms with E-state index in [2.05, 4.69) is 6.92 Å². The molecule has 94 valence electrons. The molecular weight excluding hydrogens is 198 g/mol. The van der Waals surface area contributed by atoms with Crippen LogP contribution in [0.1, 0.15) is 64.7 Å². The van der Waals surface area contributed by atoms with Crippen LogP contribution >= 0.6 is 0 Å². The summed E-state index contributed by atoms with van der Waals surface area (Å²) in [4.78, 5) is 13.7. The van der Waals surface area contributed by atoms with E-state index in [1.165, 1.54) is 38.5 Å². The first kappa shape index (κ1) is 13.5. The van der Waals surface area contributed by atoms with E-state index < -0.39 is 0 Å². The minimum atomic E-state index is 0.346. The number of unbranched alkanes of at least 4 members (excludes halogenated alkanes) is 1. The summed E-state index contributed by atoms with van der Waals surface area (Å²) in [6, 6.07) is 0. The van der Waals surface area contributed by atoms with Crippen LogP contribution in [-0.2, 0) is 4.79 Å². The third-order valence-electron chi connectivity index (χ3n) is 3.76. The number of carbonyl (C=O) groups excluding carboxylic acids is 1. The Kier molecular flexibility index (Phi) is 6.51. The molecule has 1 amide bonds. The summed E-state index contributed by atoms with van der Waals surface area (Å²) in [5, 5.41) is 0. The minimum absolute atomic E-state index is 0.346. The van der Waals surface area contributed by atoms with Crippen molar-refractivity contribution in [3.05, 3.63) is 0 Å². The predicted molar refractivity (Wildman–Crippen MR) is 68.4 cm³/mol.